The van der Waals surface area contributed by atoms with Crippen molar-refractivity contribution in [2.24, 2.45) is 5.92 Å². The van der Waals surface area contributed by atoms with Crippen molar-refractivity contribution in [2.45, 2.75) is 71.1 Å². The Hall–Kier alpha value is -4.94. The van der Waals surface area contributed by atoms with Gasteiger partial charge < -0.3 is 29.6 Å². The van der Waals surface area contributed by atoms with Gasteiger partial charge in [0.25, 0.3) is 5.56 Å². The van der Waals surface area contributed by atoms with E-state index in [0.717, 1.165) is 24.8 Å². The highest BCUT2D eigenvalue weighted by Crippen LogP contribution is 2.34. The first-order valence-corrected chi connectivity index (χ1v) is 15.2. The second-order valence-electron chi connectivity index (χ2n) is 12.5. The van der Waals surface area contributed by atoms with Crippen LogP contribution in [-0.2, 0) is 32.0 Å². The normalized spacial score (nSPS) is 13.8. The molecular formula is C33H42N6O7. The van der Waals surface area contributed by atoms with Crippen molar-refractivity contribution >= 4 is 40.7 Å². The molecule has 13 nitrogen and oxygen atoms in total. The highest BCUT2D eigenvalue weighted by atomic mass is 16.6. The van der Waals surface area contributed by atoms with Crippen molar-refractivity contribution in [3.8, 4) is 0 Å². The molecule has 3 amide bonds. The maximum absolute atomic E-state index is 13.6. The van der Waals surface area contributed by atoms with Gasteiger partial charge in [-0.3, -0.25) is 14.4 Å². The molecule has 0 radical (unpaired) electrons. The summed E-state index contributed by atoms with van der Waals surface area (Å²) in [4.78, 5) is 70.3. The topological polar surface area (TPSA) is 154 Å². The van der Waals surface area contributed by atoms with Gasteiger partial charge >= 0.3 is 12.2 Å². The average Bonchev–Trinajstić information content (AvgIpc) is 3.72. The molecular weight excluding hydrogens is 592 g/mol. The van der Waals surface area contributed by atoms with Crippen LogP contribution in [0.1, 0.15) is 57.8 Å². The zero-order valence-corrected chi connectivity index (χ0v) is 27.2. The number of para-hydroxylation sites is 1. The number of carbonyl (C=O) groups excluding carboxylic acids is 4. The van der Waals surface area contributed by atoms with Gasteiger partial charge in [0.15, 0.2) is 0 Å². The van der Waals surface area contributed by atoms with Crippen LogP contribution in [-0.4, -0.2) is 75.9 Å². The summed E-state index contributed by atoms with van der Waals surface area (Å²) in [6.45, 7) is 5.26. The molecule has 1 saturated carbocycles. The summed E-state index contributed by atoms with van der Waals surface area (Å²) in [5.41, 5.74) is 0.983. The molecule has 0 saturated heterocycles. The number of methoxy groups -OCH3 is 1. The van der Waals surface area contributed by atoms with Gasteiger partial charge in [-0.25, -0.2) is 19.1 Å². The monoisotopic (exact) mass is 634 g/mol. The van der Waals surface area contributed by atoms with E-state index in [4.69, 9.17) is 9.72 Å². The standard InChI is InChI=1S/C33H42N6O7/c1-33(2,3)46-32(44)39-25-14-9-11-22(19-21-16-17-21)28(25)36-26(39)20-38-18-10-13-24(30(38)42)34-29(41)23(35-31(43)45-6)12-7-8-15-27(40)37(4)5/h8-11,13-15,18,21,23H,7,12,16-17,19-20H2,1-6H3,(H,34,41)(H,35,43)/b15-8+/t23-/m0/s1. The molecule has 2 aromatic heterocycles. The SMILES string of the molecule is COC(=O)N[C@@H](CC/C=C/C(=O)N(C)C)C(=O)Nc1cccn(Cc2nc3c(CC4CC4)cccc3n2C(=O)OC(C)(C)C)c1=O. The second-order valence-corrected chi connectivity index (χ2v) is 12.5. The van der Waals surface area contributed by atoms with Crippen LogP contribution in [0.5, 0.6) is 0 Å². The third-order valence-electron chi connectivity index (χ3n) is 7.33. The number of nitrogens with zero attached hydrogens (tertiary/aromatic N) is 4. The number of carbonyl (C=O) groups is 4. The summed E-state index contributed by atoms with van der Waals surface area (Å²) >= 11 is 0. The summed E-state index contributed by atoms with van der Waals surface area (Å²) in [5, 5.41) is 5.08. The molecule has 4 rings (SSSR count). The maximum Gasteiger partial charge on any atom is 0.420 e. The number of benzene rings is 1. The number of ether oxygens (including phenoxy) is 2. The third-order valence-corrected chi connectivity index (χ3v) is 7.33. The number of rotatable bonds is 11. The van der Waals surface area contributed by atoms with Crippen LogP contribution in [0.25, 0.3) is 11.0 Å². The third kappa shape index (κ3) is 8.83. The van der Waals surface area contributed by atoms with E-state index in [2.05, 4.69) is 15.4 Å². The zero-order valence-electron chi connectivity index (χ0n) is 27.2. The molecule has 1 atom stereocenters. The summed E-state index contributed by atoms with van der Waals surface area (Å²) in [7, 11) is 4.41. The number of alkyl carbamates (subject to hydrolysis) is 1. The predicted octanol–water partition coefficient (Wildman–Crippen LogP) is 4.07. The van der Waals surface area contributed by atoms with Gasteiger partial charge in [0.2, 0.25) is 11.8 Å². The number of amides is 3. The fourth-order valence-electron chi connectivity index (χ4n) is 4.82. The van der Waals surface area contributed by atoms with E-state index in [1.807, 2.05) is 18.2 Å². The van der Waals surface area contributed by atoms with Gasteiger partial charge in [-0.15, -0.1) is 0 Å². The van der Waals surface area contributed by atoms with Crippen molar-refractivity contribution < 1.29 is 28.7 Å². The lowest BCUT2D eigenvalue weighted by molar-refractivity contribution is -0.123. The Morgan fingerprint density at radius 3 is 2.52 bits per heavy atom. The van der Waals surface area contributed by atoms with E-state index in [0.29, 0.717) is 29.2 Å². The fraction of sp³-hybridized carbons (Fsp3) is 0.455. The molecule has 0 spiro atoms. The molecule has 0 bridgehead atoms. The van der Waals surface area contributed by atoms with Crippen LogP contribution in [0, 0.1) is 5.92 Å². The minimum atomic E-state index is -1.05. The zero-order chi connectivity index (χ0) is 33.6. The Kier molecular flexibility index (Phi) is 10.7. The van der Waals surface area contributed by atoms with E-state index in [1.165, 1.54) is 33.3 Å². The highest BCUT2D eigenvalue weighted by molar-refractivity contribution is 5.96. The van der Waals surface area contributed by atoms with Crippen molar-refractivity contribution in [3.05, 3.63) is 70.4 Å². The molecule has 2 heterocycles. The number of likely N-dealkylation sites (N-methyl/N-ethyl adjacent to an activating group) is 1. The number of allylic oxidation sites excluding steroid dienone is 1. The lowest BCUT2D eigenvalue weighted by Crippen LogP contribution is -2.44. The van der Waals surface area contributed by atoms with Crippen LogP contribution in [0.2, 0.25) is 0 Å². The van der Waals surface area contributed by atoms with E-state index in [9.17, 15) is 24.0 Å². The number of hydrogen-bond acceptors (Lipinski definition) is 8. The lowest BCUT2D eigenvalue weighted by atomic mass is 10.1. The second kappa shape index (κ2) is 14.4. The molecule has 0 unspecified atom stereocenters. The Balaban J connectivity index is 1.61. The average molecular weight is 635 g/mol. The quantitative estimate of drug-likeness (QED) is 0.299. The van der Waals surface area contributed by atoms with Crippen LogP contribution < -0.4 is 16.2 Å². The van der Waals surface area contributed by atoms with Gasteiger partial charge in [0, 0.05) is 20.3 Å². The Labute approximate surface area is 267 Å². The highest BCUT2D eigenvalue weighted by Gasteiger charge is 2.27. The molecule has 1 aromatic carbocycles. The molecule has 46 heavy (non-hydrogen) atoms. The molecule has 0 aliphatic heterocycles. The van der Waals surface area contributed by atoms with Gasteiger partial charge in [0.1, 0.15) is 23.2 Å². The smallest absolute Gasteiger partial charge is 0.420 e. The minimum Gasteiger partial charge on any atom is -0.453 e. The molecule has 246 valence electrons. The molecule has 2 N–H and O–H groups in total. The van der Waals surface area contributed by atoms with Gasteiger partial charge in [-0.05, 0) is 88.6 Å². The number of imidazole rings is 1. The number of nitrogens with one attached hydrogen (secondary N) is 2. The lowest BCUT2D eigenvalue weighted by Gasteiger charge is -2.20. The van der Waals surface area contributed by atoms with Crippen LogP contribution in [0.15, 0.2) is 53.5 Å². The van der Waals surface area contributed by atoms with Crippen LogP contribution >= 0.6 is 0 Å². The number of anilines is 1. The molecule has 1 aliphatic rings. The summed E-state index contributed by atoms with van der Waals surface area (Å²) < 4.78 is 13.1. The molecule has 1 aliphatic carbocycles. The van der Waals surface area contributed by atoms with Crippen molar-refractivity contribution in [1.82, 2.24) is 24.3 Å². The van der Waals surface area contributed by atoms with E-state index in [-0.39, 0.29) is 24.6 Å². The van der Waals surface area contributed by atoms with Gasteiger partial charge in [0.05, 0.1) is 24.7 Å². The predicted molar refractivity (Wildman–Crippen MR) is 173 cm³/mol. The van der Waals surface area contributed by atoms with E-state index in [1.54, 1.807) is 53.2 Å². The Morgan fingerprint density at radius 1 is 1.13 bits per heavy atom. The van der Waals surface area contributed by atoms with Crippen molar-refractivity contribution in [3.63, 3.8) is 0 Å². The van der Waals surface area contributed by atoms with Crippen LogP contribution in [0.4, 0.5) is 15.3 Å². The first-order valence-electron chi connectivity index (χ1n) is 15.2. The first kappa shape index (κ1) is 33.9. The van der Waals surface area contributed by atoms with Crippen molar-refractivity contribution in [1.29, 1.82) is 0 Å². The fourth-order valence-corrected chi connectivity index (χ4v) is 4.82. The summed E-state index contributed by atoms with van der Waals surface area (Å²) in [5.74, 6) is 0.0458. The Bertz CT molecular complexity index is 1690. The number of pyridine rings is 1. The van der Waals surface area contributed by atoms with Gasteiger partial charge in [-0.1, -0.05) is 18.2 Å². The summed E-state index contributed by atoms with van der Waals surface area (Å²) in [6, 6.07) is 7.70. The number of fused-ring (bicyclic) bond motifs is 1. The van der Waals surface area contributed by atoms with E-state index >= 15 is 0 Å². The van der Waals surface area contributed by atoms with Gasteiger partial charge in [-0.2, -0.15) is 0 Å². The number of hydrogen-bond donors (Lipinski definition) is 2. The van der Waals surface area contributed by atoms with Crippen molar-refractivity contribution in [2.75, 3.05) is 26.5 Å². The minimum absolute atomic E-state index is 0.0307. The Morgan fingerprint density at radius 2 is 1.87 bits per heavy atom. The largest absolute Gasteiger partial charge is 0.453 e. The molecule has 13 heteroatoms. The maximum atomic E-state index is 13.6. The number of aromatic nitrogens is 3. The molecule has 1 fully saturated rings. The molecule has 3 aromatic rings. The first-order chi connectivity index (χ1) is 21.8. The summed E-state index contributed by atoms with van der Waals surface area (Å²) in [6.07, 6.45) is 6.70. The van der Waals surface area contributed by atoms with E-state index < -0.39 is 35.3 Å². The van der Waals surface area contributed by atoms with Crippen LogP contribution in [0.3, 0.4) is 0 Å².